The Labute approximate surface area is 102 Å². The van der Waals surface area contributed by atoms with Gasteiger partial charge < -0.3 is 10.6 Å². The molecule has 0 aliphatic rings. The molecule has 0 saturated heterocycles. The Morgan fingerprint density at radius 1 is 1.00 bits per heavy atom. The molecule has 0 spiro atoms. The van der Waals surface area contributed by atoms with Crippen LogP contribution in [0.15, 0.2) is 42.5 Å². The first-order chi connectivity index (χ1) is 8.33. The second-order valence-electron chi connectivity index (χ2n) is 3.79. The van der Waals surface area contributed by atoms with Gasteiger partial charge in [-0.3, -0.25) is 0 Å². The molecule has 0 radical (unpaired) electrons. The minimum Gasteiger partial charge on any atom is -0.373 e. The summed E-state index contributed by atoms with van der Waals surface area (Å²) in [5.74, 6) is 1.72. The molecule has 0 saturated carbocycles. The highest BCUT2D eigenvalue weighted by Gasteiger charge is 2.01. The van der Waals surface area contributed by atoms with Gasteiger partial charge in [0.15, 0.2) is 0 Å². The van der Waals surface area contributed by atoms with Crippen molar-refractivity contribution in [2.24, 2.45) is 0 Å². The van der Waals surface area contributed by atoms with E-state index in [9.17, 15) is 0 Å². The van der Waals surface area contributed by atoms with Gasteiger partial charge in [0.05, 0.1) is 0 Å². The molecule has 2 rings (SSSR count). The fourth-order valence-corrected chi connectivity index (χ4v) is 1.73. The topological polar surface area (TPSA) is 37.0 Å². The first-order valence-corrected chi connectivity index (χ1v) is 5.83. The van der Waals surface area contributed by atoms with E-state index in [4.69, 9.17) is 0 Å². The van der Waals surface area contributed by atoms with Crippen LogP contribution in [0.3, 0.4) is 0 Å². The lowest BCUT2D eigenvalue weighted by Gasteiger charge is -2.10. The number of aromatic nitrogens is 1. The van der Waals surface area contributed by atoms with Crippen molar-refractivity contribution in [3.05, 3.63) is 48.0 Å². The maximum Gasteiger partial charge on any atom is 0.132 e. The predicted molar refractivity (Wildman–Crippen MR) is 72.9 cm³/mol. The second-order valence-corrected chi connectivity index (χ2v) is 3.79. The van der Waals surface area contributed by atoms with Crippen LogP contribution in [-0.2, 0) is 6.42 Å². The Hall–Kier alpha value is -2.03. The molecule has 0 aliphatic carbocycles. The summed E-state index contributed by atoms with van der Waals surface area (Å²) in [7, 11) is 1.87. The third kappa shape index (κ3) is 2.75. The molecular formula is C14H17N3. The number of aryl methyl sites for hydroxylation is 1. The van der Waals surface area contributed by atoms with Gasteiger partial charge in [-0.1, -0.05) is 31.2 Å². The lowest BCUT2D eigenvalue weighted by Crippen LogP contribution is -1.99. The molecule has 0 aliphatic heterocycles. The quantitative estimate of drug-likeness (QED) is 0.840. The smallest absolute Gasteiger partial charge is 0.132 e. The number of pyridine rings is 1. The van der Waals surface area contributed by atoms with Gasteiger partial charge in [0.1, 0.15) is 11.6 Å². The third-order valence-corrected chi connectivity index (χ3v) is 2.67. The molecule has 2 aromatic rings. The van der Waals surface area contributed by atoms with Crippen molar-refractivity contribution in [3.8, 4) is 0 Å². The predicted octanol–water partition coefficient (Wildman–Crippen LogP) is 3.43. The van der Waals surface area contributed by atoms with Crippen LogP contribution in [0.25, 0.3) is 0 Å². The fourth-order valence-electron chi connectivity index (χ4n) is 1.73. The normalized spacial score (nSPS) is 10.0. The number of para-hydroxylation sites is 1. The van der Waals surface area contributed by atoms with E-state index in [2.05, 4.69) is 40.7 Å². The minimum absolute atomic E-state index is 0.859. The summed E-state index contributed by atoms with van der Waals surface area (Å²) < 4.78 is 0. The van der Waals surface area contributed by atoms with Crippen molar-refractivity contribution in [1.82, 2.24) is 4.98 Å². The molecule has 0 bridgehead atoms. The molecule has 3 nitrogen and oxygen atoms in total. The van der Waals surface area contributed by atoms with Crippen LogP contribution in [-0.4, -0.2) is 12.0 Å². The zero-order valence-electron chi connectivity index (χ0n) is 10.2. The van der Waals surface area contributed by atoms with Gasteiger partial charge in [0.2, 0.25) is 0 Å². The lowest BCUT2D eigenvalue weighted by atomic mass is 10.1. The van der Waals surface area contributed by atoms with Gasteiger partial charge in [-0.05, 0) is 30.2 Å². The molecule has 0 amide bonds. The van der Waals surface area contributed by atoms with E-state index in [0.29, 0.717) is 0 Å². The van der Waals surface area contributed by atoms with Crippen LogP contribution in [0.2, 0.25) is 0 Å². The maximum absolute atomic E-state index is 4.44. The van der Waals surface area contributed by atoms with Crippen LogP contribution < -0.4 is 10.6 Å². The molecule has 1 heterocycles. The van der Waals surface area contributed by atoms with Gasteiger partial charge in [0, 0.05) is 12.7 Å². The monoisotopic (exact) mass is 227 g/mol. The molecule has 0 unspecified atom stereocenters. The average molecular weight is 227 g/mol. The van der Waals surface area contributed by atoms with Crippen molar-refractivity contribution in [3.63, 3.8) is 0 Å². The second kappa shape index (κ2) is 5.34. The molecule has 2 N–H and O–H groups in total. The number of anilines is 3. The highest BCUT2D eigenvalue weighted by atomic mass is 15.1. The molecule has 88 valence electrons. The number of rotatable bonds is 4. The van der Waals surface area contributed by atoms with Crippen LogP contribution in [0.4, 0.5) is 17.3 Å². The van der Waals surface area contributed by atoms with Gasteiger partial charge >= 0.3 is 0 Å². The summed E-state index contributed by atoms with van der Waals surface area (Å²) >= 11 is 0. The van der Waals surface area contributed by atoms with Crippen molar-refractivity contribution in [2.45, 2.75) is 13.3 Å². The summed E-state index contributed by atoms with van der Waals surface area (Å²) in [5.41, 5.74) is 2.42. The van der Waals surface area contributed by atoms with E-state index in [1.807, 2.05) is 31.3 Å². The standard InChI is InChI=1S/C14H17N3/c1-3-11-7-4-5-8-12(11)16-14-10-6-9-13(15-2)17-14/h4-10H,3H2,1-2H3,(H2,15,16,17). The number of hydrogen-bond donors (Lipinski definition) is 2. The number of benzene rings is 1. The summed E-state index contributed by atoms with van der Waals surface area (Å²) in [4.78, 5) is 4.44. The molecule has 17 heavy (non-hydrogen) atoms. The summed E-state index contributed by atoms with van der Waals surface area (Å²) in [6, 6.07) is 14.2. The van der Waals surface area contributed by atoms with Gasteiger partial charge in [-0.2, -0.15) is 0 Å². The van der Waals surface area contributed by atoms with Gasteiger partial charge in [-0.25, -0.2) is 4.98 Å². The van der Waals surface area contributed by atoms with E-state index in [-0.39, 0.29) is 0 Å². The maximum atomic E-state index is 4.44. The lowest BCUT2D eigenvalue weighted by molar-refractivity contribution is 1.14. The van der Waals surface area contributed by atoms with Crippen molar-refractivity contribution < 1.29 is 0 Å². The minimum atomic E-state index is 0.859. The summed E-state index contributed by atoms with van der Waals surface area (Å²) in [6.45, 7) is 2.15. The first-order valence-electron chi connectivity index (χ1n) is 5.83. The highest BCUT2D eigenvalue weighted by Crippen LogP contribution is 2.20. The number of nitrogens with one attached hydrogen (secondary N) is 2. The summed E-state index contributed by atoms with van der Waals surface area (Å²) in [6.07, 6.45) is 1.01. The van der Waals surface area contributed by atoms with E-state index >= 15 is 0 Å². The first kappa shape index (κ1) is 11.5. The average Bonchev–Trinajstić information content (AvgIpc) is 2.39. The Balaban J connectivity index is 2.24. The van der Waals surface area contributed by atoms with Crippen LogP contribution in [0, 0.1) is 0 Å². The zero-order chi connectivity index (χ0) is 12.1. The molecule has 1 aromatic carbocycles. The third-order valence-electron chi connectivity index (χ3n) is 2.67. The Kier molecular flexibility index (Phi) is 3.60. The Morgan fingerprint density at radius 3 is 2.53 bits per heavy atom. The Bertz CT molecular complexity index is 494. The molecule has 0 fully saturated rings. The molecule has 0 atom stereocenters. The van der Waals surface area contributed by atoms with Crippen molar-refractivity contribution >= 4 is 17.3 Å². The van der Waals surface area contributed by atoms with E-state index < -0.39 is 0 Å². The SMILES string of the molecule is CCc1ccccc1Nc1cccc(NC)n1. The van der Waals surface area contributed by atoms with Crippen molar-refractivity contribution in [1.29, 1.82) is 0 Å². The summed E-state index contributed by atoms with van der Waals surface area (Å²) in [5, 5.41) is 6.38. The number of nitrogens with zero attached hydrogens (tertiary/aromatic N) is 1. The van der Waals surface area contributed by atoms with Crippen LogP contribution in [0.1, 0.15) is 12.5 Å². The van der Waals surface area contributed by atoms with Gasteiger partial charge in [0.25, 0.3) is 0 Å². The van der Waals surface area contributed by atoms with Gasteiger partial charge in [-0.15, -0.1) is 0 Å². The molecule has 3 heteroatoms. The largest absolute Gasteiger partial charge is 0.373 e. The van der Waals surface area contributed by atoms with E-state index in [0.717, 1.165) is 23.7 Å². The van der Waals surface area contributed by atoms with E-state index in [1.165, 1.54) is 5.56 Å². The fraction of sp³-hybridized carbons (Fsp3) is 0.214. The molecule has 1 aromatic heterocycles. The Morgan fingerprint density at radius 2 is 1.76 bits per heavy atom. The van der Waals surface area contributed by atoms with Crippen molar-refractivity contribution in [2.75, 3.05) is 17.7 Å². The van der Waals surface area contributed by atoms with Crippen LogP contribution >= 0.6 is 0 Å². The number of hydrogen-bond acceptors (Lipinski definition) is 3. The van der Waals surface area contributed by atoms with Crippen LogP contribution in [0.5, 0.6) is 0 Å². The highest BCUT2D eigenvalue weighted by molar-refractivity contribution is 5.61. The molecular weight excluding hydrogens is 210 g/mol. The van der Waals surface area contributed by atoms with E-state index in [1.54, 1.807) is 0 Å². The zero-order valence-corrected chi connectivity index (χ0v) is 10.2.